The molecule has 0 aliphatic heterocycles. The molecule has 0 spiro atoms. The van der Waals surface area contributed by atoms with Gasteiger partial charge in [0.1, 0.15) is 12.0 Å². The van der Waals surface area contributed by atoms with E-state index in [4.69, 9.17) is 21.1 Å². The summed E-state index contributed by atoms with van der Waals surface area (Å²) in [4.78, 5) is 10.9. The van der Waals surface area contributed by atoms with Crippen molar-refractivity contribution in [2.24, 2.45) is 0 Å². The van der Waals surface area contributed by atoms with E-state index in [1.165, 1.54) is 0 Å². The van der Waals surface area contributed by atoms with Crippen LogP contribution in [-0.2, 0) is 14.3 Å². The first-order valence-corrected chi connectivity index (χ1v) is 5.32. The number of rotatable bonds is 5. The summed E-state index contributed by atoms with van der Waals surface area (Å²) < 4.78 is 10.6. The summed E-state index contributed by atoms with van der Waals surface area (Å²) in [7, 11) is 0. The van der Waals surface area contributed by atoms with Gasteiger partial charge in [-0.1, -0.05) is 6.92 Å². The minimum absolute atomic E-state index is 0.105. The Morgan fingerprint density at radius 1 is 1.43 bits per heavy atom. The highest BCUT2D eigenvalue weighted by Gasteiger charge is 2.16. The quantitative estimate of drug-likeness (QED) is 0.529. The van der Waals surface area contributed by atoms with E-state index in [1.54, 1.807) is 0 Å². The molecule has 84 valence electrons. The first-order chi connectivity index (χ1) is 6.39. The van der Waals surface area contributed by atoms with Crippen LogP contribution >= 0.6 is 11.6 Å². The average Bonchev–Trinajstić information content (AvgIpc) is 2.10. The number of halogens is 1. The summed E-state index contributed by atoms with van der Waals surface area (Å²) in [6.07, 6.45) is 0.541. The lowest BCUT2D eigenvalue weighted by atomic mass is 10.2. The predicted molar refractivity (Wildman–Crippen MR) is 56.6 cm³/mol. The van der Waals surface area contributed by atoms with Gasteiger partial charge in [0.05, 0.1) is 12.2 Å². The molecule has 0 saturated carbocycles. The molecule has 14 heavy (non-hydrogen) atoms. The van der Waals surface area contributed by atoms with E-state index in [-0.39, 0.29) is 17.6 Å². The number of hydrogen-bond donors (Lipinski definition) is 0. The molecule has 0 aromatic carbocycles. The van der Waals surface area contributed by atoms with Crippen molar-refractivity contribution in [1.82, 2.24) is 0 Å². The van der Waals surface area contributed by atoms with Gasteiger partial charge < -0.3 is 9.47 Å². The van der Waals surface area contributed by atoms with Crippen molar-refractivity contribution in [1.29, 1.82) is 0 Å². The highest BCUT2D eigenvalue weighted by Crippen LogP contribution is 2.10. The molecule has 0 bridgehead atoms. The highest BCUT2D eigenvalue weighted by atomic mass is 35.5. The summed E-state index contributed by atoms with van der Waals surface area (Å²) in [5.41, 5.74) is -0.208. The van der Waals surface area contributed by atoms with Gasteiger partial charge in [0.25, 0.3) is 0 Å². The van der Waals surface area contributed by atoms with Gasteiger partial charge in [-0.15, -0.1) is 11.6 Å². The van der Waals surface area contributed by atoms with E-state index >= 15 is 0 Å². The third-order valence-electron chi connectivity index (χ3n) is 1.56. The van der Waals surface area contributed by atoms with Gasteiger partial charge in [-0.05, 0) is 27.2 Å². The van der Waals surface area contributed by atoms with Crippen LogP contribution in [0, 0.1) is 0 Å². The molecule has 0 amide bonds. The second kappa shape index (κ2) is 6.25. The van der Waals surface area contributed by atoms with Gasteiger partial charge in [0.2, 0.25) is 0 Å². The van der Waals surface area contributed by atoms with Crippen LogP contribution in [0.4, 0.5) is 0 Å². The molecule has 0 aromatic rings. The van der Waals surface area contributed by atoms with Crippen LogP contribution in [0.25, 0.3) is 0 Å². The van der Waals surface area contributed by atoms with Gasteiger partial charge in [-0.3, -0.25) is 4.79 Å². The van der Waals surface area contributed by atoms with E-state index in [0.717, 1.165) is 6.42 Å². The highest BCUT2D eigenvalue weighted by molar-refractivity contribution is 6.26. The molecule has 4 heteroatoms. The second-order valence-electron chi connectivity index (χ2n) is 4.08. The molecule has 1 unspecified atom stereocenters. The van der Waals surface area contributed by atoms with Crippen LogP contribution in [0.1, 0.15) is 34.1 Å². The summed E-state index contributed by atoms with van der Waals surface area (Å²) >= 11 is 5.33. The molecule has 0 saturated heterocycles. The lowest BCUT2D eigenvalue weighted by Crippen LogP contribution is -2.29. The van der Waals surface area contributed by atoms with Crippen molar-refractivity contribution in [3.63, 3.8) is 0 Å². The Balaban J connectivity index is 3.86. The van der Waals surface area contributed by atoms with E-state index in [2.05, 4.69) is 0 Å². The zero-order valence-corrected chi connectivity index (χ0v) is 10.1. The Morgan fingerprint density at radius 3 is 2.36 bits per heavy atom. The average molecular weight is 223 g/mol. The maximum absolute atomic E-state index is 10.9. The van der Waals surface area contributed by atoms with Crippen LogP contribution < -0.4 is 0 Å². The largest absolute Gasteiger partial charge is 0.459 e. The Labute approximate surface area is 90.7 Å². The number of esters is 1. The maximum Gasteiger partial charge on any atom is 0.321 e. The second-order valence-corrected chi connectivity index (χ2v) is 4.34. The number of hydrogen-bond acceptors (Lipinski definition) is 3. The van der Waals surface area contributed by atoms with Gasteiger partial charge in [-0.2, -0.15) is 0 Å². The standard InChI is InChI=1S/C10H19ClO3/c1-5-8(14-9(12)6-11)7-13-10(2,3)4/h8H,5-7H2,1-4H3. The first-order valence-electron chi connectivity index (χ1n) is 4.78. The van der Waals surface area contributed by atoms with Crippen LogP contribution in [0.15, 0.2) is 0 Å². The van der Waals surface area contributed by atoms with Crippen LogP contribution in [0.3, 0.4) is 0 Å². The Bertz CT molecular complexity index is 175. The molecule has 1 atom stereocenters. The van der Waals surface area contributed by atoms with Crippen LogP contribution in [0.5, 0.6) is 0 Å². The summed E-state index contributed by atoms with van der Waals surface area (Å²) in [6.45, 7) is 8.25. The Morgan fingerprint density at radius 2 is 2.00 bits per heavy atom. The number of ether oxygens (including phenoxy) is 2. The van der Waals surface area contributed by atoms with Crippen molar-refractivity contribution in [3.8, 4) is 0 Å². The fourth-order valence-corrected chi connectivity index (χ4v) is 0.859. The van der Waals surface area contributed by atoms with Gasteiger partial charge in [-0.25, -0.2) is 0 Å². The number of carbonyl (C=O) groups excluding carboxylic acids is 1. The molecule has 0 fully saturated rings. The van der Waals surface area contributed by atoms with Crippen LogP contribution in [-0.4, -0.2) is 30.2 Å². The molecule has 0 N–H and O–H groups in total. The lowest BCUT2D eigenvalue weighted by Gasteiger charge is -2.23. The smallest absolute Gasteiger partial charge is 0.321 e. The van der Waals surface area contributed by atoms with Gasteiger partial charge in [0.15, 0.2) is 0 Å². The third kappa shape index (κ3) is 7.15. The van der Waals surface area contributed by atoms with E-state index in [0.29, 0.717) is 6.61 Å². The molecular formula is C10H19ClO3. The van der Waals surface area contributed by atoms with Gasteiger partial charge >= 0.3 is 5.97 Å². The monoisotopic (exact) mass is 222 g/mol. The molecule has 3 nitrogen and oxygen atoms in total. The number of alkyl halides is 1. The zero-order valence-electron chi connectivity index (χ0n) is 9.30. The lowest BCUT2D eigenvalue weighted by molar-refractivity contribution is -0.152. The molecule has 0 radical (unpaired) electrons. The SMILES string of the molecule is CCC(COC(C)(C)C)OC(=O)CCl. The molecule has 0 heterocycles. The minimum atomic E-state index is -0.393. The fourth-order valence-electron chi connectivity index (χ4n) is 0.796. The molecular weight excluding hydrogens is 204 g/mol. The van der Waals surface area contributed by atoms with Gasteiger partial charge in [0, 0.05) is 0 Å². The number of carbonyl (C=O) groups is 1. The Kier molecular flexibility index (Phi) is 6.12. The third-order valence-corrected chi connectivity index (χ3v) is 1.78. The summed E-state index contributed by atoms with van der Waals surface area (Å²) in [5.74, 6) is -0.498. The fraction of sp³-hybridized carbons (Fsp3) is 0.900. The minimum Gasteiger partial charge on any atom is -0.459 e. The zero-order chi connectivity index (χ0) is 11.2. The predicted octanol–water partition coefficient (Wildman–Crippen LogP) is 2.36. The molecule has 0 aliphatic rings. The van der Waals surface area contributed by atoms with E-state index in [1.807, 2.05) is 27.7 Å². The van der Waals surface area contributed by atoms with Crippen molar-refractivity contribution in [3.05, 3.63) is 0 Å². The Hall–Kier alpha value is -0.280. The normalized spacial score (nSPS) is 13.8. The molecule has 0 aliphatic carbocycles. The topological polar surface area (TPSA) is 35.5 Å². The summed E-state index contributed by atoms with van der Waals surface area (Å²) in [6, 6.07) is 0. The molecule has 0 aromatic heterocycles. The van der Waals surface area contributed by atoms with Crippen molar-refractivity contribution >= 4 is 17.6 Å². The van der Waals surface area contributed by atoms with E-state index < -0.39 is 5.97 Å². The van der Waals surface area contributed by atoms with E-state index in [9.17, 15) is 4.79 Å². The van der Waals surface area contributed by atoms with Crippen LogP contribution in [0.2, 0.25) is 0 Å². The maximum atomic E-state index is 10.9. The van der Waals surface area contributed by atoms with Crippen molar-refractivity contribution in [2.75, 3.05) is 12.5 Å². The van der Waals surface area contributed by atoms with Crippen molar-refractivity contribution < 1.29 is 14.3 Å². The first kappa shape index (κ1) is 13.7. The van der Waals surface area contributed by atoms with Crippen molar-refractivity contribution in [2.45, 2.75) is 45.8 Å². The summed E-state index contributed by atoms with van der Waals surface area (Å²) in [5, 5.41) is 0. The molecule has 0 rings (SSSR count).